The fraction of sp³-hybridized carbons (Fsp3) is 0.933. The fourth-order valence-electron chi connectivity index (χ4n) is 4.30. The van der Waals surface area contributed by atoms with Gasteiger partial charge in [-0.25, -0.2) is 0 Å². The summed E-state index contributed by atoms with van der Waals surface area (Å²) in [6.45, 7) is 6.29. The van der Waals surface area contributed by atoms with Gasteiger partial charge in [0, 0.05) is 31.6 Å². The van der Waals surface area contributed by atoms with Crippen molar-refractivity contribution >= 4 is 5.91 Å². The molecule has 0 radical (unpaired) electrons. The van der Waals surface area contributed by atoms with Crippen molar-refractivity contribution in [2.75, 3.05) is 26.9 Å². The predicted molar refractivity (Wildman–Crippen MR) is 75.2 cm³/mol. The molecule has 3 aliphatic rings. The lowest BCUT2D eigenvalue weighted by molar-refractivity contribution is -0.230. The maximum Gasteiger partial charge on any atom is 0.243 e. The lowest BCUT2D eigenvalue weighted by Crippen LogP contribution is -2.82. The van der Waals surface area contributed by atoms with E-state index in [1.807, 2.05) is 11.9 Å². The van der Waals surface area contributed by atoms with Crippen LogP contribution in [0, 0.1) is 11.3 Å². The van der Waals surface area contributed by atoms with Crippen molar-refractivity contribution in [3.63, 3.8) is 0 Å². The first kappa shape index (κ1) is 14.3. The lowest BCUT2D eigenvalue weighted by Gasteiger charge is -2.65. The molecule has 0 aromatic heterocycles. The van der Waals surface area contributed by atoms with E-state index in [0.717, 1.165) is 32.5 Å². The van der Waals surface area contributed by atoms with E-state index in [-0.39, 0.29) is 29.4 Å². The molecule has 5 heteroatoms. The van der Waals surface area contributed by atoms with E-state index in [9.17, 15) is 4.79 Å². The summed E-state index contributed by atoms with van der Waals surface area (Å²) in [4.78, 5) is 14.8. The molecule has 0 aromatic rings. The predicted octanol–water partition coefficient (Wildman–Crippen LogP) is 0.766. The Labute approximate surface area is 120 Å². The molecule has 114 valence electrons. The first-order chi connectivity index (χ1) is 9.40. The number of carbonyl (C=O) groups is 1. The van der Waals surface area contributed by atoms with Crippen LogP contribution in [0.25, 0.3) is 0 Å². The van der Waals surface area contributed by atoms with Crippen molar-refractivity contribution in [3.05, 3.63) is 0 Å². The molecule has 2 saturated heterocycles. The second-order valence-corrected chi connectivity index (χ2v) is 7.06. The minimum atomic E-state index is -0.796. The van der Waals surface area contributed by atoms with Gasteiger partial charge in [0.05, 0.1) is 18.8 Å². The number of likely N-dealkylation sites (N-methyl/N-ethyl adjacent to an activating group) is 1. The summed E-state index contributed by atoms with van der Waals surface area (Å²) in [7, 11) is 1.86. The Balaban J connectivity index is 1.81. The Kier molecular flexibility index (Phi) is 3.35. The molecule has 1 amide bonds. The minimum Gasteiger partial charge on any atom is -0.379 e. The topological polar surface area (TPSA) is 64.8 Å². The molecule has 4 atom stereocenters. The third-order valence-electron chi connectivity index (χ3n) is 5.81. The number of amides is 1. The second kappa shape index (κ2) is 4.68. The van der Waals surface area contributed by atoms with Crippen molar-refractivity contribution < 1.29 is 14.3 Å². The standard InChI is InChI=1S/C15H26N2O3/c1-14(2)12-11(5-4-7-20-12)15(14,16)13(18)17(3)10-6-8-19-9-10/h10-12H,4-9,16H2,1-3H3. The van der Waals surface area contributed by atoms with E-state index >= 15 is 0 Å². The molecule has 4 unspecified atom stereocenters. The summed E-state index contributed by atoms with van der Waals surface area (Å²) in [5.74, 6) is 0.216. The molecule has 1 aliphatic carbocycles. The van der Waals surface area contributed by atoms with Gasteiger partial charge in [-0.3, -0.25) is 4.79 Å². The van der Waals surface area contributed by atoms with Crippen molar-refractivity contribution in [2.45, 2.75) is 50.8 Å². The van der Waals surface area contributed by atoms with Gasteiger partial charge >= 0.3 is 0 Å². The monoisotopic (exact) mass is 282 g/mol. The van der Waals surface area contributed by atoms with Crippen LogP contribution in [0.5, 0.6) is 0 Å². The zero-order valence-electron chi connectivity index (χ0n) is 12.7. The summed E-state index contributed by atoms with van der Waals surface area (Å²) >= 11 is 0. The van der Waals surface area contributed by atoms with Gasteiger partial charge < -0.3 is 20.1 Å². The molecule has 5 nitrogen and oxygen atoms in total. The number of hydrogen-bond donors (Lipinski definition) is 1. The molecule has 3 rings (SSSR count). The first-order valence-electron chi connectivity index (χ1n) is 7.66. The third-order valence-corrected chi connectivity index (χ3v) is 5.81. The normalized spacial score (nSPS) is 42.7. The Hall–Kier alpha value is -0.650. The molecule has 20 heavy (non-hydrogen) atoms. The van der Waals surface area contributed by atoms with E-state index in [4.69, 9.17) is 15.2 Å². The molecule has 2 heterocycles. The molecule has 0 bridgehead atoms. The largest absolute Gasteiger partial charge is 0.379 e. The molecule has 0 aromatic carbocycles. The average Bonchev–Trinajstić information content (AvgIpc) is 2.99. The van der Waals surface area contributed by atoms with Crippen molar-refractivity contribution in [1.82, 2.24) is 4.90 Å². The summed E-state index contributed by atoms with van der Waals surface area (Å²) in [6.07, 6.45) is 3.02. The Bertz CT molecular complexity index is 406. The van der Waals surface area contributed by atoms with Gasteiger partial charge in [0.25, 0.3) is 0 Å². The summed E-state index contributed by atoms with van der Waals surface area (Å²) in [5, 5.41) is 0. The number of carbonyl (C=O) groups excluding carboxylic acids is 1. The number of nitrogens with zero attached hydrogens (tertiary/aromatic N) is 1. The van der Waals surface area contributed by atoms with Crippen LogP contribution in [-0.2, 0) is 14.3 Å². The highest BCUT2D eigenvalue weighted by molar-refractivity contribution is 5.89. The fourth-order valence-corrected chi connectivity index (χ4v) is 4.30. The highest BCUT2D eigenvalue weighted by Crippen LogP contribution is 2.58. The molecule has 2 N–H and O–H groups in total. The molecule has 0 spiro atoms. The zero-order valence-corrected chi connectivity index (χ0v) is 12.7. The van der Waals surface area contributed by atoms with Crippen molar-refractivity contribution in [1.29, 1.82) is 0 Å². The van der Waals surface area contributed by atoms with Crippen LogP contribution < -0.4 is 5.73 Å². The summed E-state index contributed by atoms with van der Waals surface area (Å²) < 4.78 is 11.3. The first-order valence-corrected chi connectivity index (χ1v) is 7.66. The van der Waals surface area contributed by atoms with Crippen LogP contribution >= 0.6 is 0 Å². The highest BCUT2D eigenvalue weighted by atomic mass is 16.5. The number of hydrogen-bond acceptors (Lipinski definition) is 4. The number of ether oxygens (including phenoxy) is 2. The molecule has 3 fully saturated rings. The van der Waals surface area contributed by atoms with Crippen LogP contribution in [0.3, 0.4) is 0 Å². The van der Waals surface area contributed by atoms with Gasteiger partial charge in [-0.2, -0.15) is 0 Å². The quantitative estimate of drug-likeness (QED) is 0.812. The minimum absolute atomic E-state index is 0.0600. The second-order valence-electron chi connectivity index (χ2n) is 7.06. The van der Waals surface area contributed by atoms with Gasteiger partial charge in [0.2, 0.25) is 5.91 Å². The summed E-state index contributed by atoms with van der Waals surface area (Å²) in [6, 6.07) is 0.169. The van der Waals surface area contributed by atoms with E-state index in [2.05, 4.69) is 13.8 Å². The van der Waals surface area contributed by atoms with Crippen LogP contribution in [0.15, 0.2) is 0 Å². The van der Waals surface area contributed by atoms with Crippen LogP contribution in [0.4, 0.5) is 0 Å². The van der Waals surface area contributed by atoms with Gasteiger partial charge in [0.15, 0.2) is 0 Å². The van der Waals surface area contributed by atoms with Gasteiger partial charge in [-0.1, -0.05) is 13.8 Å². The Morgan fingerprint density at radius 2 is 2.05 bits per heavy atom. The van der Waals surface area contributed by atoms with Crippen molar-refractivity contribution in [3.8, 4) is 0 Å². The maximum absolute atomic E-state index is 13.0. The van der Waals surface area contributed by atoms with E-state index < -0.39 is 5.54 Å². The third kappa shape index (κ3) is 1.69. The molecule has 2 aliphatic heterocycles. The van der Waals surface area contributed by atoms with Crippen LogP contribution in [0.1, 0.15) is 33.1 Å². The van der Waals surface area contributed by atoms with Crippen LogP contribution in [-0.4, -0.2) is 55.4 Å². The number of nitrogens with two attached hydrogens (primary N) is 1. The van der Waals surface area contributed by atoms with Crippen LogP contribution in [0.2, 0.25) is 0 Å². The number of fused-ring (bicyclic) bond motifs is 1. The van der Waals surface area contributed by atoms with E-state index in [1.165, 1.54) is 0 Å². The Morgan fingerprint density at radius 1 is 1.30 bits per heavy atom. The van der Waals surface area contributed by atoms with Gasteiger partial charge in [0.1, 0.15) is 5.54 Å². The molecular formula is C15H26N2O3. The number of rotatable bonds is 2. The van der Waals surface area contributed by atoms with E-state index in [1.54, 1.807) is 0 Å². The van der Waals surface area contributed by atoms with Gasteiger partial charge in [-0.15, -0.1) is 0 Å². The average molecular weight is 282 g/mol. The molecule has 1 saturated carbocycles. The zero-order chi connectivity index (χ0) is 14.5. The Morgan fingerprint density at radius 3 is 2.70 bits per heavy atom. The highest BCUT2D eigenvalue weighted by Gasteiger charge is 2.70. The molecular weight excluding hydrogens is 256 g/mol. The van der Waals surface area contributed by atoms with E-state index in [0.29, 0.717) is 6.61 Å². The smallest absolute Gasteiger partial charge is 0.243 e. The maximum atomic E-state index is 13.0. The lowest BCUT2D eigenvalue weighted by atomic mass is 9.46. The SMILES string of the molecule is CN(C(=O)C1(N)C2CCCOC2C1(C)C)C1CCOC1. The van der Waals surface area contributed by atoms with Crippen molar-refractivity contribution in [2.24, 2.45) is 17.1 Å². The van der Waals surface area contributed by atoms with Gasteiger partial charge in [-0.05, 0) is 19.3 Å². The summed E-state index contributed by atoms with van der Waals surface area (Å²) in [5.41, 5.74) is 5.54.